The topological polar surface area (TPSA) is 119 Å². The van der Waals surface area contributed by atoms with Crippen molar-refractivity contribution in [3.63, 3.8) is 0 Å². The lowest BCUT2D eigenvalue weighted by atomic mass is 9.95. The summed E-state index contributed by atoms with van der Waals surface area (Å²) in [6.45, 7) is 1.93. The van der Waals surface area contributed by atoms with Gasteiger partial charge in [-0.25, -0.2) is 13.2 Å². The van der Waals surface area contributed by atoms with Crippen LogP contribution in [0.5, 0.6) is 0 Å². The number of carbonyl (C=O) groups is 3. The van der Waals surface area contributed by atoms with Crippen LogP contribution in [0.4, 0.5) is 5.69 Å². The Kier molecular flexibility index (Phi) is 4.75. The Morgan fingerprint density at radius 2 is 1.70 bits per heavy atom. The van der Waals surface area contributed by atoms with Crippen LogP contribution in [0.1, 0.15) is 38.0 Å². The molecule has 0 unspecified atom stereocenters. The molecule has 2 N–H and O–H groups in total. The Morgan fingerprint density at radius 1 is 1.00 bits per heavy atom. The smallest absolute Gasteiger partial charge is 0.338 e. The summed E-state index contributed by atoms with van der Waals surface area (Å²) >= 11 is 0. The molecule has 0 fully saturated rings. The number of hydrogen-bond donors (Lipinski definition) is 2. The molecule has 8 nitrogen and oxygen atoms in total. The van der Waals surface area contributed by atoms with E-state index in [-0.39, 0.29) is 22.8 Å². The summed E-state index contributed by atoms with van der Waals surface area (Å²) in [6, 6.07) is 13.3. The molecular weight excluding hydrogens is 408 g/mol. The lowest BCUT2D eigenvalue weighted by Gasteiger charge is -2.18. The Hall–Kier alpha value is -3.72. The van der Waals surface area contributed by atoms with E-state index in [2.05, 4.69) is 10.0 Å². The van der Waals surface area contributed by atoms with Crippen LogP contribution in [-0.4, -0.2) is 32.8 Å². The second kappa shape index (κ2) is 7.27. The van der Waals surface area contributed by atoms with Crippen molar-refractivity contribution in [2.24, 2.45) is 0 Å². The fourth-order valence-electron chi connectivity index (χ4n) is 3.26. The highest BCUT2D eigenvalue weighted by atomic mass is 32.2. The van der Waals surface area contributed by atoms with Gasteiger partial charge in [-0.3, -0.25) is 19.6 Å². The van der Waals surface area contributed by atoms with Crippen molar-refractivity contribution in [3.8, 4) is 0 Å². The Morgan fingerprint density at radius 3 is 2.40 bits per heavy atom. The highest BCUT2D eigenvalue weighted by molar-refractivity contribution is 7.92. The first-order valence-corrected chi connectivity index (χ1v) is 10.5. The fraction of sp³-hybridized carbons (Fsp3) is 0.0952. The number of esters is 1. The van der Waals surface area contributed by atoms with Gasteiger partial charge in [-0.15, -0.1) is 0 Å². The van der Waals surface area contributed by atoms with Crippen LogP contribution < -0.4 is 10.0 Å². The number of nitrogens with one attached hydrogen (secondary N) is 2. The highest BCUT2D eigenvalue weighted by Gasteiger charge is 2.27. The van der Waals surface area contributed by atoms with Crippen LogP contribution in [0.2, 0.25) is 0 Å². The third kappa shape index (κ3) is 3.39. The van der Waals surface area contributed by atoms with E-state index in [0.717, 1.165) is 0 Å². The predicted octanol–water partition coefficient (Wildman–Crippen LogP) is 2.70. The van der Waals surface area contributed by atoms with E-state index in [4.69, 9.17) is 4.74 Å². The first-order valence-electron chi connectivity index (χ1n) is 9.02. The van der Waals surface area contributed by atoms with Crippen molar-refractivity contribution in [2.45, 2.75) is 11.8 Å². The van der Waals surface area contributed by atoms with Crippen molar-refractivity contribution in [3.05, 3.63) is 71.3 Å². The first kappa shape index (κ1) is 19.6. The molecule has 0 radical (unpaired) electrons. The minimum atomic E-state index is -4.04. The summed E-state index contributed by atoms with van der Waals surface area (Å²) in [5.74, 6) is -1.68. The van der Waals surface area contributed by atoms with Crippen molar-refractivity contribution in [2.75, 3.05) is 11.3 Å². The number of ether oxygens (including phenoxy) is 1. The normalized spacial score (nSPS) is 13.1. The van der Waals surface area contributed by atoms with Crippen molar-refractivity contribution in [1.82, 2.24) is 5.32 Å². The molecule has 1 heterocycles. The van der Waals surface area contributed by atoms with E-state index in [1.54, 1.807) is 25.1 Å². The standard InChI is InChI=1S/C21H16N2O6S/c1-2-29-21(26)12-6-8-14(9-7-12)23-30(27,28)15-10-13-4-3-5-16-18(13)17(11-15)20(25)22-19(16)24/h3-11,23H,2H2,1H3,(H,22,24,25). The van der Waals surface area contributed by atoms with Gasteiger partial charge in [-0.2, -0.15) is 0 Å². The second-order valence-corrected chi connectivity index (χ2v) is 8.24. The van der Waals surface area contributed by atoms with E-state index in [0.29, 0.717) is 21.9 Å². The molecule has 1 aliphatic heterocycles. The summed E-state index contributed by atoms with van der Waals surface area (Å²) in [4.78, 5) is 35.9. The van der Waals surface area contributed by atoms with E-state index >= 15 is 0 Å². The number of anilines is 1. The van der Waals surface area contributed by atoms with Gasteiger partial charge in [0.25, 0.3) is 21.8 Å². The maximum absolute atomic E-state index is 12.9. The SMILES string of the molecule is CCOC(=O)c1ccc(NS(=O)(=O)c2cc3c4c(cccc4c2)C(=O)NC3=O)cc1. The fourth-order valence-corrected chi connectivity index (χ4v) is 4.38. The van der Waals surface area contributed by atoms with Crippen LogP contribution in [0.15, 0.2) is 59.5 Å². The monoisotopic (exact) mass is 424 g/mol. The molecule has 9 heteroatoms. The predicted molar refractivity (Wildman–Crippen MR) is 109 cm³/mol. The molecule has 0 saturated carbocycles. The maximum Gasteiger partial charge on any atom is 0.338 e. The van der Waals surface area contributed by atoms with Crippen molar-refractivity contribution in [1.29, 1.82) is 0 Å². The second-order valence-electron chi connectivity index (χ2n) is 6.56. The van der Waals surface area contributed by atoms with Crippen LogP contribution in [0.3, 0.4) is 0 Å². The van der Waals surface area contributed by atoms with Crippen molar-refractivity contribution < 1.29 is 27.5 Å². The van der Waals surface area contributed by atoms with Gasteiger partial charge in [0.1, 0.15) is 0 Å². The zero-order valence-electron chi connectivity index (χ0n) is 15.8. The summed E-state index contributed by atoms with van der Waals surface area (Å²) in [7, 11) is -4.04. The number of hydrogen-bond acceptors (Lipinski definition) is 6. The third-order valence-electron chi connectivity index (χ3n) is 4.63. The zero-order chi connectivity index (χ0) is 21.5. The van der Waals surface area contributed by atoms with Gasteiger partial charge in [-0.1, -0.05) is 12.1 Å². The van der Waals surface area contributed by atoms with Crippen LogP contribution in [0.25, 0.3) is 10.8 Å². The number of imide groups is 1. The zero-order valence-corrected chi connectivity index (χ0v) is 16.6. The molecule has 0 bridgehead atoms. The largest absolute Gasteiger partial charge is 0.462 e. The minimum Gasteiger partial charge on any atom is -0.462 e. The van der Waals surface area contributed by atoms with E-state index in [1.807, 2.05) is 0 Å². The number of sulfonamides is 1. The average Bonchev–Trinajstić information content (AvgIpc) is 2.72. The highest BCUT2D eigenvalue weighted by Crippen LogP contribution is 2.30. The van der Waals surface area contributed by atoms with Gasteiger partial charge in [0.05, 0.1) is 17.1 Å². The van der Waals surface area contributed by atoms with E-state index in [9.17, 15) is 22.8 Å². The van der Waals surface area contributed by atoms with Gasteiger partial charge in [0.2, 0.25) is 0 Å². The molecule has 0 aromatic heterocycles. The quantitative estimate of drug-likeness (QED) is 0.480. The molecule has 0 aliphatic carbocycles. The molecule has 30 heavy (non-hydrogen) atoms. The van der Waals surface area contributed by atoms with Gasteiger partial charge < -0.3 is 4.74 Å². The Balaban J connectivity index is 1.71. The number of rotatable bonds is 5. The molecule has 1 aliphatic rings. The minimum absolute atomic E-state index is 0.112. The Labute approximate surface area is 171 Å². The summed E-state index contributed by atoms with van der Waals surface area (Å²) in [5, 5.41) is 3.10. The lowest BCUT2D eigenvalue weighted by molar-refractivity contribution is 0.0526. The first-order chi connectivity index (χ1) is 14.3. The van der Waals surface area contributed by atoms with Gasteiger partial charge >= 0.3 is 5.97 Å². The molecule has 3 aromatic rings. The van der Waals surface area contributed by atoms with Crippen LogP contribution in [0, 0.1) is 0 Å². The number of benzene rings is 3. The average molecular weight is 424 g/mol. The number of amides is 2. The van der Waals surface area contributed by atoms with Crippen LogP contribution in [-0.2, 0) is 14.8 Å². The summed E-state index contributed by atoms with van der Waals surface area (Å²) < 4.78 is 33.1. The third-order valence-corrected chi connectivity index (χ3v) is 5.99. The van der Waals surface area contributed by atoms with E-state index < -0.39 is 27.8 Å². The number of carbonyl (C=O) groups excluding carboxylic acids is 3. The lowest BCUT2D eigenvalue weighted by Crippen LogP contribution is -2.34. The van der Waals surface area contributed by atoms with Gasteiger partial charge in [-0.05, 0) is 54.8 Å². The molecule has 152 valence electrons. The molecule has 4 rings (SSSR count). The van der Waals surface area contributed by atoms with E-state index in [1.165, 1.54) is 36.4 Å². The summed E-state index contributed by atoms with van der Waals surface area (Å²) in [5.41, 5.74) is 0.961. The van der Waals surface area contributed by atoms with Gasteiger partial charge in [0, 0.05) is 22.2 Å². The van der Waals surface area contributed by atoms with Crippen molar-refractivity contribution >= 4 is 44.3 Å². The summed E-state index contributed by atoms with van der Waals surface area (Å²) in [6.07, 6.45) is 0. The molecule has 3 aromatic carbocycles. The molecule has 0 spiro atoms. The Bertz CT molecular complexity index is 1310. The van der Waals surface area contributed by atoms with Crippen LogP contribution >= 0.6 is 0 Å². The molecule has 2 amide bonds. The molecule has 0 atom stereocenters. The molecule has 0 saturated heterocycles. The maximum atomic E-state index is 12.9. The van der Waals surface area contributed by atoms with Gasteiger partial charge in [0.15, 0.2) is 0 Å². The molecular formula is C21H16N2O6S.